The SMILES string of the molecule is Cc1ccc(C)c(C(=O)CN(C)CCC(C)O)c1. The Morgan fingerprint density at radius 2 is 2.06 bits per heavy atom. The number of Topliss-reactive ketones (excluding diaryl/α,β-unsaturated/α-hetero) is 1. The number of hydrogen-bond donors (Lipinski definition) is 1. The lowest BCUT2D eigenvalue weighted by Crippen LogP contribution is -2.29. The van der Waals surface area contributed by atoms with Crippen LogP contribution in [0, 0.1) is 13.8 Å². The van der Waals surface area contributed by atoms with Crippen molar-refractivity contribution in [1.82, 2.24) is 4.90 Å². The molecule has 1 unspecified atom stereocenters. The number of aliphatic hydroxyl groups excluding tert-OH is 1. The van der Waals surface area contributed by atoms with E-state index >= 15 is 0 Å². The van der Waals surface area contributed by atoms with Crippen LogP contribution in [0.5, 0.6) is 0 Å². The molecule has 100 valence electrons. The Labute approximate surface area is 109 Å². The van der Waals surface area contributed by atoms with Crippen molar-refractivity contribution in [3.63, 3.8) is 0 Å². The summed E-state index contributed by atoms with van der Waals surface area (Å²) in [4.78, 5) is 14.1. The molecule has 18 heavy (non-hydrogen) atoms. The third-order valence-electron chi connectivity index (χ3n) is 3.04. The molecule has 3 heteroatoms. The van der Waals surface area contributed by atoms with Gasteiger partial charge in [-0.2, -0.15) is 0 Å². The lowest BCUT2D eigenvalue weighted by atomic mass is 10.0. The van der Waals surface area contributed by atoms with E-state index in [2.05, 4.69) is 0 Å². The standard InChI is InChI=1S/C15H23NO2/c1-11-5-6-12(2)14(9-11)15(18)10-16(4)8-7-13(3)17/h5-6,9,13,17H,7-8,10H2,1-4H3. The zero-order valence-electron chi connectivity index (χ0n) is 11.7. The molecule has 0 saturated heterocycles. The topological polar surface area (TPSA) is 40.5 Å². The van der Waals surface area contributed by atoms with Gasteiger partial charge in [0.25, 0.3) is 0 Å². The summed E-state index contributed by atoms with van der Waals surface area (Å²) in [5.74, 6) is 0.143. The number of benzene rings is 1. The number of aliphatic hydroxyl groups is 1. The smallest absolute Gasteiger partial charge is 0.177 e. The largest absolute Gasteiger partial charge is 0.393 e. The van der Waals surface area contributed by atoms with Gasteiger partial charge in [0.15, 0.2) is 5.78 Å². The predicted molar refractivity (Wildman–Crippen MR) is 74.0 cm³/mol. The van der Waals surface area contributed by atoms with Crippen molar-refractivity contribution in [2.75, 3.05) is 20.1 Å². The Balaban J connectivity index is 2.62. The van der Waals surface area contributed by atoms with Crippen LogP contribution in [0.15, 0.2) is 18.2 Å². The molecule has 1 rings (SSSR count). The average molecular weight is 249 g/mol. The highest BCUT2D eigenvalue weighted by Crippen LogP contribution is 2.12. The third kappa shape index (κ3) is 4.59. The van der Waals surface area contributed by atoms with E-state index in [4.69, 9.17) is 0 Å². The second kappa shape index (κ2) is 6.66. The van der Waals surface area contributed by atoms with Gasteiger partial charge in [0.05, 0.1) is 12.6 Å². The lowest BCUT2D eigenvalue weighted by Gasteiger charge is -2.17. The highest BCUT2D eigenvalue weighted by Gasteiger charge is 2.12. The van der Waals surface area contributed by atoms with E-state index in [0.29, 0.717) is 13.0 Å². The molecule has 0 heterocycles. The first-order valence-electron chi connectivity index (χ1n) is 6.37. The van der Waals surface area contributed by atoms with E-state index in [1.807, 2.05) is 44.0 Å². The fraction of sp³-hybridized carbons (Fsp3) is 0.533. The van der Waals surface area contributed by atoms with Crippen LogP contribution in [0.1, 0.15) is 34.8 Å². The van der Waals surface area contributed by atoms with Crippen LogP contribution >= 0.6 is 0 Å². The van der Waals surface area contributed by atoms with Gasteiger partial charge in [-0.25, -0.2) is 0 Å². The van der Waals surface area contributed by atoms with Crippen LogP contribution in [0.25, 0.3) is 0 Å². The van der Waals surface area contributed by atoms with Gasteiger partial charge >= 0.3 is 0 Å². The summed E-state index contributed by atoms with van der Waals surface area (Å²) in [7, 11) is 1.91. The Hall–Kier alpha value is -1.19. The van der Waals surface area contributed by atoms with E-state index in [1.165, 1.54) is 0 Å². The monoisotopic (exact) mass is 249 g/mol. The number of hydrogen-bond acceptors (Lipinski definition) is 3. The second-order valence-electron chi connectivity index (χ2n) is 5.12. The molecule has 0 bridgehead atoms. The molecule has 1 N–H and O–H groups in total. The van der Waals surface area contributed by atoms with Gasteiger partial charge in [-0.3, -0.25) is 9.69 Å². The van der Waals surface area contributed by atoms with Gasteiger partial charge in [-0.15, -0.1) is 0 Å². The number of nitrogens with zero attached hydrogens (tertiary/aromatic N) is 1. The summed E-state index contributed by atoms with van der Waals surface area (Å²) in [6.07, 6.45) is 0.375. The summed E-state index contributed by atoms with van der Waals surface area (Å²) in [6.45, 7) is 6.85. The van der Waals surface area contributed by atoms with Crippen molar-refractivity contribution >= 4 is 5.78 Å². The number of aryl methyl sites for hydroxylation is 2. The summed E-state index contributed by atoms with van der Waals surface area (Å²) >= 11 is 0. The molecule has 0 spiro atoms. The summed E-state index contributed by atoms with van der Waals surface area (Å²) in [6, 6.07) is 5.95. The Bertz CT molecular complexity index is 413. The highest BCUT2D eigenvalue weighted by atomic mass is 16.3. The van der Waals surface area contributed by atoms with Gasteiger partial charge in [-0.1, -0.05) is 17.7 Å². The second-order valence-corrected chi connectivity index (χ2v) is 5.12. The molecular weight excluding hydrogens is 226 g/mol. The van der Waals surface area contributed by atoms with Crippen molar-refractivity contribution in [3.8, 4) is 0 Å². The van der Waals surface area contributed by atoms with Crippen molar-refractivity contribution in [2.45, 2.75) is 33.3 Å². The maximum absolute atomic E-state index is 12.2. The highest BCUT2D eigenvalue weighted by molar-refractivity contribution is 5.99. The number of likely N-dealkylation sites (N-methyl/N-ethyl adjacent to an activating group) is 1. The van der Waals surface area contributed by atoms with E-state index in [0.717, 1.165) is 23.2 Å². The maximum atomic E-state index is 12.2. The molecule has 0 amide bonds. The van der Waals surface area contributed by atoms with Crippen molar-refractivity contribution in [1.29, 1.82) is 0 Å². The first-order chi connectivity index (χ1) is 8.40. The van der Waals surface area contributed by atoms with Crippen molar-refractivity contribution < 1.29 is 9.90 Å². The molecule has 0 aliphatic heterocycles. The summed E-state index contributed by atoms with van der Waals surface area (Å²) in [5, 5.41) is 9.22. The number of rotatable bonds is 6. The Morgan fingerprint density at radius 1 is 1.39 bits per heavy atom. The van der Waals surface area contributed by atoms with Crippen LogP contribution in [-0.2, 0) is 0 Å². The molecule has 0 saturated carbocycles. The van der Waals surface area contributed by atoms with Gasteiger partial charge in [-0.05, 0) is 45.9 Å². The van der Waals surface area contributed by atoms with E-state index in [-0.39, 0.29) is 11.9 Å². The van der Waals surface area contributed by atoms with Crippen LogP contribution in [0.3, 0.4) is 0 Å². The Kier molecular flexibility index (Phi) is 5.51. The molecular formula is C15H23NO2. The predicted octanol–water partition coefficient (Wildman–Crippen LogP) is 2.19. The number of carbonyl (C=O) groups excluding carboxylic acids is 1. The molecule has 3 nitrogen and oxygen atoms in total. The van der Waals surface area contributed by atoms with Crippen LogP contribution in [0.2, 0.25) is 0 Å². The minimum absolute atomic E-state index is 0.143. The molecule has 1 atom stereocenters. The first kappa shape index (κ1) is 14.9. The Morgan fingerprint density at radius 3 is 2.67 bits per heavy atom. The van der Waals surface area contributed by atoms with Gasteiger partial charge in [0, 0.05) is 12.1 Å². The molecule has 0 aliphatic carbocycles. The average Bonchev–Trinajstić information content (AvgIpc) is 2.29. The molecule has 0 aliphatic rings. The van der Waals surface area contributed by atoms with Crippen molar-refractivity contribution in [3.05, 3.63) is 34.9 Å². The zero-order chi connectivity index (χ0) is 13.7. The van der Waals surface area contributed by atoms with Crippen LogP contribution < -0.4 is 0 Å². The summed E-state index contributed by atoms with van der Waals surface area (Å²) < 4.78 is 0. The minimum Gasteiger partial charge on any atom is -0.393 e. The molecule has 0 aromatic heterocycles. The third-order valence-corrected chi connectivity index (χ3v) is 3.04. The fourth-order valence-electron chi connectivity index (χ4n) is 1.85. The minimum atomic E-state index is -0.316. The normalized spacial score (nSPS) is 12.8. The molecule has 1 aromatic carbocycles. The summed E-state index contributed by atoms with van der Waals surface area (Å²) in [5.41, 5.74) is 2.93. The van der Waals surface area contributed by atoms with Gasteiger partial charge < -0.3 is 5.11 Å². The molecule has 1 aromatic rings. The quantitative estimate of drug-likeness (QED) is 0.786. The maximum Gasteiger partial charge on any atom is 0.177 e. The van der Waals surface area contributed by atoms with E-state index in [9.17, 15) is 9.90 Å². The number of carbonyl (C=O) groups is 1. The van der Waals surface area contributed by atoms with Crippen LogP contribution in [0.4, 0.5) is 0 Å². The lowest BCUT2D eigenvalue weighted by molar-refractivity contribution is 0.0931. The zero-order valence-corrected chi connectivity index (χ0v) is 11.7. The molecule has 0 fully saturated rings. The van der Waals surface area contributed by atoms with Gasteiger partial charge in [0.2, 0.25) is 0 Å². The number of ketones is 1. The van der Waals surface area contributed by atoms with Gasteiger partial charge in [0.1, 0.15) is 0 Å². The van der Waals surface area contributed by atoms with Crippen LogP contribution in [-0.4, -0.2) is 42.0 Å². The van der Waals surface area contributed by atoms with E-state index in [1.54, 1.807) is 6.92 Å². The first-order valence-corrected chi connectivity index (χ1v) is 6.37. The fourth-order valence-corrected chi connectivity index (χ4v) is 1.85. The van der Waals surface area contributed by atoms with Crippen molar-refractivity contribution in [2.24, 2.45) is 0 Å². The van der Waals surface area contributed by atoms with E-state index < -0.39 is 0 Å². The molecule has 0 radical (unpaired) electrons.